The number of nitrogens with zero attached hydrogens (tertiary/aromatic N) is 1. The third-order valence-electron chi connectivity index (χ3n) is 2.60. The van der Waals surface area contributed by atoms with Crippen LogP contribution in [0.5, 0.6) is 0 Å². The lowest BCUT2D eigenvalue weighted by atomic mass is 10.2. The molecule has 1 aromatic rings. The standard InChI is InChI=1S/C9H15N3O3S/c1-7-6-9(15-11-7)12-16(13,14)8-2-4-10-5-3-8/h6,8,10,12H,2-5H2,1H3. The molecular weight excluding hydrogens is 230 g/mol. The van der Waals surface area contributed by atoms with E-state index in [4.69, 9.17) is 4.52 Å². The molecule has 1 aliphatic heterocycles. The van der Waals surface area contributed by atoms with Gasteiger partial charge in [-0.25, -0.2) is 8.42 Å². The van der Waals surface area contributed by atoms with Crippen LogP contribution in [0.3, 0.4) is 0 Å². The Morgan fingerprint density at radius 3 is 2.75 bits per heavy atom. The van der Waals surface area contributed by atoms with Gasteiger partial charge in [0.1, 0.15) is 0 Å². The van der Waals surface area contributed by atoms with Gasteiger partial charge in [0.15, 0.2) is 0 Å². The summed E-state index contributed by atoms with van der Waals surface area (Å²) in [5, 5.41) is 6.41. The van der Waals surface area contributed by atoms with Gasteiger partial charge >= 0.3 is 0 Å². The van der Waals surface area contributed by atoms with Gasteiger partial charge in [-0.1, -0.05) is 5.16 Å². The van der Waals surface area contributed by atoms with E-state index in [2.05, 4.69) is 15.2 Å². The number of aromatic nitrogens is 1. The van der Waals surface area contributed by atoms with E-state index >= 15 is 0 Å². The molecule has 0 aromatic carbocycles. The van der Waals surface area contributed by atoms with Gasteiger partial charge in [-0.15, -0.1) is 0 Å². The molecule has 0 saturated carbocycles. The fourth-order valence-electron chi connectivity index (χ4n) is 1.74. The number of hydrogen-bond acceptors (Lipinski definition) is 5. The Morgan fingerprint density at radius 2 is 2.19 bits per heavy atom. The molecule has 0 spiro atoms. The van der Waals surface area contributed by atoms with E-state index in [0.717, 1.165) is 13.1 Å². The van der Waals surface area contributed by atoms with Crippen molar-refractivity contribution in [3.05, 3.63) is 11.8 Å². The Bertz CT molecular complexity index is 448. The Kier molecular flexibility index (Phi) is 3.15. The van der Waals surface area contributed by atoms with Gasteiger partial charge in [-0.3, -0.25) is 4.72 Å². The topological polar surface area (TPSA) is 84.2 Å². The van der Waals surface area contributed by atoms with E-state index < -0.39 is 10.0 Å². The van der Waals surface area contributed by atoms with Gasteiger partial charge in [0.2, 0.25) is 15.9 Å². The molecule has 1 aliphatic rings. The van der Waals surface area contributed by atoms with Crippen LogP contribution in [-0.2, 0) is 10.0 Å². The van der Waals surface area contributed by atoms with Gasteiger partial charge in [0, 0.05) is 6.07 Å². The van der Waals surface area contributed by atoms with Crippen molar-refractivity contribution < 1.29 is 12.9 Å². The highest BCUT2D eigenvalue weighted by molar-refractivity contribution is 7.93. The van der Waals surface area contributed by atoms with Crippen LogP contribution in [0, 0.1) is 6.92 Å². The van der Waals surface area contributed by atoms with Crippen LogP contribution < -0.4 is 10.0 Å². The van der Waals surface area contributed by atoms with Crippen LogP contribution in [0.2, 0.25) is 0 Å². The molecule has 2 rings (SSSR count). The van der Waals surface area contributed by atoms with Gasteiger partial charge in [-0.05, 0) is 32.9 Å². The fourth-order valence-corrected chi connectivity index (χ4v) is 3.14. The average molecular weight is 245 g/mol. The molecule has 90 valence electrons. The average Bonchev–Trinajstić information content (AvgIpc) is 2.64. The van der Waals surface area contributed by atoms with Crippen molar-refractivity contribution in [2.45, 2.75) is 25.0 Å². The van der Waals surface area contributed by atoms with Crippen LogP contribution in [0.25, 0.3) is 0 Å². The maximum atomic E-state index is 11.9. The molecule has 0 bridgehead atoms. The van der Waals surface area contributed by atoms with Crippen molar-refractivity contribution in [1.82, 2.24) is 10.5 Å². The highest BCUT2D eigenvalue weighted by atomic mass is 32.2. The summed E-state index contributed by atoms with van der Waals surface area (Å²) in [6, 6.07) is 1.57. The summed E-state index contributed by atoms with van der Waals surface area (Å²) < 4.78 is 31.1. The van der Waals surface area contributed by atoms with Crippen molar-refractivity contribution in [3.8, 4) is 0 Å². The number of anilines is 1. The predicted molar refractivity (Wildman–Crippen MR) is 59.7 cm³/mol. The molecule has 7 heteroatoms. The third-order valence-corrected chi connectivity index (χ3v) is 4.43. The Labute approximate surface area is 94.4 Å². The molecule has 2 N–H and O–H groups in total. The van der Waals surface area contributed by atoms with Crippen molar-refractivity contribution in [2.24, 2.45) is 0 Å². The van der Waals surface area contributed by atoms with Crippen molar-refractivity contribution in [1.29, 1.82) is 0 Å². The second-order valence-electron chi connectivity index (χ2n) is 3.93. The first-order chi connectivity index (χ1) is 7.58. The molecule has 0 unspecified atom stereocenters. The minimum absolute atomic E-state index is 0.191. The smallest absolute Gasteiger partial charge is 0.238 e. The van der Waals surface area contributed by atoms with Crippen molar-refractivity contribution in [3.63, 3.8) is 0 Å². The molecule has 6 nitrogen and oxygen atoms in total. The van der Waals surface area contributed by atoms with Crippen LogP contribution in [0.15, 0.2) is 10.6 Å². The molecule has 0 atom stereocenters. The molecule has 0 radical (unpaired) electrons. The maximum absolute atomic E-state index is 11.9. The number of rotatable bonds is 3. The fraction of sp³-hybridized carbons (Fsp3) is 0.667. The number of sulfonamides is 1. The molecule has 1 saturated heterocycles. The van der Waals surface area contributed by atoms with Gasteiger partial charge in [-0.2, -0.15) is 0 Å². The number of piperidine rings is 1. The van der Waals surface area contributed by atoms with Crippen molar-refractivity contribution >= 4 is 15.9 Å². The Balaban J connectivity index is 2.07. The monoisotopic (exact) mass is 245 g/mol. The first kappa shape index (κ1) is 11.4. The van der Waals surface area contributed by atoms with Crippen LogP contribution in [-0.4, -0.2) is 31.9 Å². The first-order valence-electron chi connectivity index (χ1n) is 5.23. The molecule has 2 heterocycles. The Hall–Kier alpha value is -1.08. The zero-order valence-corrected chi connectivity index (χ0v) is 9.88. The van der Waals surface area contributed by atoms with Gasteiger partial charge < -0.3 is 9.84 Å². The zero-order valence-electron chi connectivity index (χ0n) is 9.06. The van der Waals surface area contributed by atoms with E-state index in [1.54, 1.807) is 13.0 Å². The lowest BCUT2D eigenvalue weighted by molar-refractivity contribution is 0.429. The minimum atomic E-state index is -3.35. The number of nitrogens with one attached hydrogen (secondary N) is 2. The van der Waals surface area contributed by atoms with E-state index in [0.29, 0.717) is 18.5 Å². The zero-order chi connectivity index (χ0) is 11.6. The second-order valence-corrected chi connectivity index (χ2v) is 5.89. The van der Waals surface area contributed by atoms with Crippen LogP contribution in [0.1, 0.15) is 18.5 Å². The molecule has 0 amide bonds. The predicted octanol–water partition coefficient (Wildman–Crippen LogP) is 0.477. The summed E-state index contributed by atoms with van der Waals surface area (Å²) in [6.07, 6.45) is 1.25. The lowest BCUT2D eigenvalue weighted by Gasteiger charge is -2.22. The largest absolute Gasteiger partial charge is 0.338 e. The normalized spacial score (nSPS) is 18.6. The van der Waals surface area contributed by atoms with Gasteiger partial charge in [0.25, 0.3) is 0 Å². The number of aryl methyl sites for hydroxylation is 1. The molecular formula is C9H15N3O3S. The summed E-state index contributed by atoms with van der Waals surface area (Å²) in [4.78, 5) is 0. The summed E-state index contributed by atoms with van der Waals surface area (Å²) in [7, 11) is -3.35. The molecule has 1 aromatic heterocycles. The quantitative estimate of drug-likeness (QED) is 0.809. The van der Waals surface area contributed by atoms with Crippen LogP contribution in [0.4, 0.5) is 5.88 Å². The highest BCUT2D eigenvalue weighted by Gasteiger charge is 2.27. The van der Waals surface area contributed by atoms with Crippen LogP contribution >= 0.6 is 0 Å². The van der Waals surface area contributed by atoms with E-state index in [1.165, 1.54) is 0 Å². The lowest BCUT2D eigenvalue weighted by Crippen LogP contribution is -2.38. The third kappa shape index (κ3) is 2.53. The molecule has 16 heavy (non-hydrogen) atoms. The molecule has 1 fully saturated rings. The summed E-state index contributed by atoms with van der Waals surface area (Å²) in [5.74, 6) is 0.191. The highest BCUT2D eigenvalue weighted by Crippen LogP contribution is 2.18. The van der Waals surface area contributed by atoms with Crippen molar-refractivity contribution in [2.75, 3.05) is 17.8 Å². The SMILES string of the molecule is Cc1cc(NS(=O)(=O)C2CCNCC2)on1. The maximum Gasteiger partial charge on any atom is 0.238 e. The second kappa shape index (κ2) is 4.42. The summed E-state index contributed by atoms with van der Waals surface area (Å²) >= 11 is 0. The summed E-state index contributed by atoms with van der Waals surface area (Å²) in [6.45, 7) is 3.22. The minimum Gasteiger partial charge on any atom is -0.338 e. The van der Waals surface area contributed by atoms with Gasteiger partial charge in [0.05, 0.1) is 10.9 Å². The Morgan fingerprint density at radius 1 is 1.50 bits per heavy atom. The van der Waals surface area contributed by atoms with E-state index in [1.807, 2.05) is 0 Å². The van der Waals surface area contributed by atoms with E-state index in [9.17, 15) is 8.42 Å². The molecule has 0 aliphatic carbocycles. The van der Waals surface area contributed by atoms with E-state index in [-0.39, 0.29) is 11.1 Å². The first-order valence-corrected chi connectivity index (χ1v) is 6.78. The summed E-state index contributed by atoms with van der Waals surface area (Å²) in [5.41, 5.74) is 0.656. The number of hydrogen-bond donors (Lipinski definition) is 2.